The number of fused-ring (bicyclic) bond motifs is 4. The van der Waals surface area contributed by atoms with Crippen LogP contribution in [0.5, 0.6) is 0 Å². The molecule has 5 fully saturated rings. The minimum atomic E-state index is -1.49. The first-order chi connectivity index (χ1) is 21.3. The fourth-order valence-electron chi connectivity index (χ4n) is 10.9. The van der Waals surface area contributed by atoms with Crippen molar-refractivity contribution < 1.29 is 49.6 Å². The maximum absolute atomic E-state index is 11.6. The van der Waals surface area contributed by atoms with Crippen LogP contribution >= 0.6 is 0 Å². The molecule has 6 aliphatic rings. The lowest BCUT2D eigenvalue weighted by molar-refractivity contribution is -0.338. The quantitative estimate of drug-likeness (QED) is 0.236. The standard InChI is InChI=1S/C36H60O10/c1-32(2,42)24-13-15-35(6)23-10-9-20(36(23,7)17-21(38)30(35)45-24)19-8-11-26-34(5,16-19)14-12-25(44-26)33(3,4)46-31-29(41)28(40)27(39)22(18-37)43-31/h16,20-31,37-42H,8-15,17-18H2,1-7H3. The van der Waals surface area contributed by atoms with Crippen LogP contribution in [0.2, 0.25) is 0 Å². The Balaban J connectivity index is 1.15. The van der Waals surface area contributed by atoms with Crippen molar-refractivity contribution in [1.82, 2.24) is 0 Å². The van der Waals surface area contributed by atoms with E-state index in [0.29, 0.717) is 18.3 Å². The Hall–Kier alpha value is -0.660. The predicted molar refractivity (Wildman–Crippen MR) is 169 cm³/mol. The summed E-state index contributed by atoms with van der Waals surface area (Å²) in [4.78, 5) is 0. The topological polar surface area (TPSA) is 158 Å². The second-order valence-corrected chi connectivity index (χ2v) is 17.5. The van der Waals surface area contributed by atoms with E-state index in [-0.39, 0.29) is 40.7 Å². The highest BCUT2D eigenvalue weighted by molar-refractivity contribution is 5.26. The monoisotopic (exact) mass is 652 g/mol. The minimum absolute atomic E-state index is 0.00189. The van der Waals surface area contributed by atoms with Gasteiger partial charge in [-0.15, -0.1) is 0 Å². The van der Waals surface area contributed by atoms with Crippen molar-refractivity contribution in [3.05, 3.63) is 11.6 Å². The first kappa shape index (κ1) is 35.2. The Morgan fingerprint density at radius 3 is 2.20 bits per heavy atom. The van der Waals surface area contributed by atoms with Crippen molar-refractivity contribution in [1.29, 1.82) is 0 Å². The molecular formula is C36H60O10. The third-order valence-corrected chi connectivity index (χ3v) is 13.5. The lowest BCUT2D eigenvalue weighted by Crippen LogP contribution is -2.63. The zero-order chi connectivity index (χ0) is 33.6. The van der Waals surface area contributed by atoms with Gasteiger partial charge in [0.15, 0.2) is 6.29 Å². The summed E-state index contributed by atoms with van der Waals surface area (Å²) in [7, 11) is 0. The molecule has 3 saturated heterocycles. The van der Waals surface area contributed by atoms with E-state index in [1.165, 1.54) is 5.57 Å². The van der Waals surface area contributed by atoms with Gasteiger partial charge in [-0.3, -0.25) is 0 Å². The molecule has 3 aliphatic carbocycles. The van der Waals surface area contributed by atoms with Crippen LogP contribution in [-0.2, 0) is 18.9 Å². The maximum atomic E-state index is 11.6. The van der Waals surface area contributed by atoms with Gasteiger partial charge in [0.25, 0.3) is 0 Å². The van der Waals surface area contributed by atoms with Gasteiger partial charge in [0.05, 0.1) is 48.3 Å². The molecule has 10 nitrogen and oxygen atoms in total. The summed E-state index contributed by atoms with van der Waals surface area (Å²) in [5.41, 5.74) is -0.570. The van der Waals surface area contributed by atoms with Crippen LogP contribution in [0.15, 0.2) is 11.6 Å². The number of aliphatic hydroxyl groups excluding tert-OH is 5. The molecule has 3 aliphatic heterocycles. The third kappa shape index (κ3) is 5.74. The Labute approximate surface area is 274 Å². The van der Waals surface area contributed by atoms with Gasteiger partial charge in [-0.2, -0.15) is 0 Å². The van der Waals surface area contributed by atoms with Gasteiger partial charge in [-0.1, -0.05) is 32.4 Å². The van der Waals surface area contributed by atoms with E-state index in [1.54, 1.807) is 13.8 Å². The highest BCUT2D eigenvalue weighted by Crippen LogP contribution is 2.67. The molecule has 2 saturated carbocycles. The molecule has 0 aromatic carbocycles. The average Bonchev–Trinajstić information content (AvgIpc) is 3.33. The van der Waals surface area contributed by atoms with Gasteiger partial charge in [0.1, 0.15) is 24.4 Å². The summed E-state index contributed by atoms with van der Waals surface area (Å²) in [5, 5.41) is 62.9. The van der Waals surface area contributed by atoms with E-state index in [1.807, 2.05) is 13.8 Å². The van der Waals surface area contributed by atoms with Crippen LogP contribution in [-0.4, -0.2) is 110 Å². The summed E-state index contributed by atoms with van der Waals surface area (Å²) in [5.74, 6) is 0.846. The van der Waals surface area contributed by atoms with Crippen molar-refractivity contribution in [2.24, 2.45) is 28.1 Å². The summed E-state index contributed by atoms with van der Waals surface area (Å²) in [6, 6.07) is 0. The van der Waals surface area contributed by atoms with E-state index >= 15 is 0 Å². The number of hydrogen-bond acceptors (Lipinski definition) is 10. The molecule has 264 valence electrons. The van der Waals surface area contributed by atoms with Gasteiger partial charge >= 0.3 is 0 Å². The fourth-order valence-corrected chi connectivity index (χ4v) is 10.9. The molecule has 15 unspecified atom stereocenters. The third-order valence-electron chi connectivity index (χ3n) is 13.5. The van der Waals surface area contributed by atoms with Crippen molar-refractivity contribution in [3.8, 4) is 0 Å². The van der Waals surface area contributed by atoms with Gasteiger partial charge in [-0.05, 0) is 108 Å². The molecule has 0 radical (unpaired) electrons. The maximum Gasteiger partial charge on any atom is 0.187 e. The SMILES string of the molecule is CC(C)(O)C1CCC2(C)C(O1)C(O)CC1(C)C(C3=CC4(C)CCC(C(C)(C)OC5OC(CO)C(O)C(O)C5O)OC4CC3)CCC12. The first-order valence-corrected chi connectivity index (χ1v) is 17.8. The molecule has 0 spiro atoms. The first-order valence-electron chi connectivity index (χ1n) is 17.8. The van der Waals surface area contributed by atoms with Crippen LogP contribution in [0.1, 0.15) is 106 Å². The van der Waals surface area contributed by atoms with Gasteiger partial charge in [0, 0.05) is 5.41 Å². The molecule has 46 heavy (non-hydrogen) atoms. The zero-order valence-corrected chi connectivity index (χ0v) is 28.9. The zero-order valence-electron chi connectivity index (χ0n) is 28.9. The number of ether oxygens (including phenoxy) is 4. The number of hydrogen-bond donors (Lipinski definition) is 6. The van der Waals surface area contributed by atoms with Crippen LogP contribution < -0.4 is 0 Å². The second-order valence-electron chi connectivity index (χ2n) is 17.5. The van der Waals surface area contributed by atoms with Crippen molar-refractivity contribution >= 4 is 0 Å². The van der Waals surface area contributed by atoms with Gasteiger partial charge < -0.3 is 49.6 Å². The van der Waals surface area contributed by atoms with Crippen LogP contribution in [0.25, 0.3) is 0 Å². The van der Waals surface area contributed by atoms with Gasteiger partial charge in [0.2, 0.25) is 0 Å². The molecule has 6 N–H and O–H groups in total. The van der Waals surface area contributed by atoms with Crippen LogP contribution in [0.3, 0.4) is 0 Å². The number of allylic oxidation sites excluding steroid dienone is 1. The second kappa shape index (κ2) is 12.0. The molecule has 3 heterocycles. The van der Waals surface area contributed by atoms with E-state index in [2.05, 4.69) is 26.8 Å². The Morgan fingerprint density at radius 1 is 0.826 bits per heavy atom. The predicted octanol–water partition coefficient (Wildman–Crippen LogP) is 2.98. The van der Waals surface area contributed by atoms with E-state index < -0.39 is 54.6 Å². The smallest absolute Gasteiger partial charge is 0.187 e. The lowest BCUT2D eigenvalue weighted by atomic mass is 9.50. The van der Waals surface area contributed by atoms with E-state index in [9.17, 15) is 30.6 Å². The summed E-state index contributed by atoms with van der Waals surface area (Å²) < 4.78 is 25.1. The molecule has 0 bridgehead atoms. The summed E-state index contributed by atoms with van der Waals surface area (Å²) >= 11 is 0. The molecule has 0 amide bonds. The highest BCUT2D eigenvalue weighted by Gasteiger charge is 2.65. The minimum Gasteiger partial charge on any atom is -0.394 e. The number of aliphatic hydroxyl groups is 6. The Bertz CT molecular complexity index is 1150. The Morgan fingerprint density at radius 2 is 1.52 bits per heavy atom. The van der Waals surface area contributed by atoms with Crippen molar-refractivity contribution in [3.63, 3.8) is 0 Å². The van der Waals surface area contributed by atoms with E-state index in [0.717, 1.165) is 51.4 Å². The highest BCUT2D eigenvalue weighted by atomic mass is 16.7. The molecule has 0 aromatic heterocycles. The molecule has 10 heteroatoms. The molecular weight excluding hydrogens is 592 g/mol. The van der Waals surface area contributed by atoms with Crippen molar-refractivity contribution in [2.75, 3.05) is 6.61 Å². The van der Waals surface area contributed by atoms with Crippen LogP contribution in [0.4, 0.5) is 0 Å². The summed E-state index contributed by atoms with van der Waals surface area (Å²) in [6.07, 6.45) is 2.73. The number of rotatable bonds is 6. The average molecular weight is 653 g/mol. The molecule has 0 aromatic rings. The van der Waals surface area contributed by atoms with Crippen LogP contribution in [0, 0.1) is 28.1 Å². The van der Waals surface area contributed by atoms with Crippen molar-refractivity contribution in [2.45, 2.75) is 179 Å². The van der Waals surface area contributed by atoms with E-state index in [4.69, 9.17) is 18.9 Å². The largest absolute Gasteiger partial charge is 0.394 e. The lowest BCUT2D eigenvalue weighted by Gasteiger charge is -2.60. The molecule has 15 atom stereocenters. The summed E-state index contributed by atoms with van der Waals surface area (Å²) in [6.45, 7) is 13.9. The molecule has 6 rings (SSSR count). The Kier molecular flexibility index (Phi) is 9.17. The fraction of sp³-hybridized carbons (Fsp3) is 0.944. The normalized spacial score (nSPS) is 51.5. The van der Waals surface area contributed by atoms with Gasteiger partial charge in [-0.25, -0.2) is 0 Å².